The van der Waals surface area contributed by atoms with Crippen LogP contribution in [0, 0.1) is 0 Å². The van der Waals surface area contributed by atoms with E-state index < -0.39 is 0 Å². The zero-order chi connectivity index (χ0) is 40.4. The molecule has 0 bridgehead atoms. The van der Waals surface area contributed by atoms with E-state index in [-0.39, 0.29) is 0 Å². The first kappa shape index (κ1) is 36.5. The van der Waals surface area contributed by atoms with Crippen LogP contribution in [0.4, 0.5) is 0 Å². The lowest BCUT2D eigenvalue weighted by molar-refractivity contribution is 0.420. The van der Waals surface area contributed by atoms with Crippen molar-refractivity contribution < 1.29 is 9.47 Å². The molecule has 5 heteroatoms. The Morgan fingerprint density at radius 1 is 0.250 bits per heavy atom. The predicted octanol–water partition coefficient (Wildman–Crippen LogP) is 13.9. The van der Waals surface area contributed by atoms with Gasteiger partial charge in [-0.15, -0.1) is 0 Å². The lowest BCUT2D eigenvalue weighted by Crippen LogP contribution is -2.00. The summed E-state index contributed by atoms with van der Waals surface area (Å²) in [6, 6.07) is 69.6. The van der Waals surface area contributed by atoms with Gasteiger partial charge in [0.05, 0.1) is 14.2 Å². The van der Waals surface area contributed by atoms with Crippen molar-refractivity contribution in [3.8, 4) is 90.2 Å². The fourth-order valence-corrected chi connectivity index (χ4v) is 8.06. The molecule has 0 N–H and O–H groups in total. The van der Waals surface area contributed by atoms with Gasteiger partial charge in [-0.3, -0.25) is 0 Å². The van der Waals surface area contributed by atoms with Gasteiger partial charge in [0.25, 0.3) is 0 Å². The summed E-state index contributed by atoms with van der Waals surface area (Å²) in [7, 11) is 3.43. The van der Waals surface area contributed by atoms with Gasteiger partial charge in [-0.1, -0.05) is 188 Å². The maximum Gasteiger partial charge on any atom is 0.164 e. The molecule has 286 valence electrons. The van der Waals surface area contributed by atoms with Gasteiger partial charge >= 0.3 is 0 Å². The fraction of sp³-hybridized carbons (Fsp3) is 0.0364. The summed E-state index contributed by atoms with van der Waals surface area (Å²) >= 11 is 0. The Morgan fingerprint density at radius 2 is 0.533 bits per heavy atom. The monoisotopic (exact) mass is 773 g/mol. The minimum absolute atomic E-state index is 0.623. The van der Waals surface area contributed by atoms with Crippen LogP contribution in [-0.2, 0) is 0 Å². The van der Waals surface area contributed by atoms with Crippen LogP contribution in [0.15, 0.2) is 200 Å². The van der Waals surface area contributed by atoms with Crippen molar-refractivity contribution in [1.29, 1.82) is 0 Å². The van der Waals surface area contributed by atoms with E-state index in [9.17, 15) is 0 Å². The van der Waals surface area contributed by atoms with Crippen LogP contribution >= 0.6 is 0 Å². The van der Waals surface area contributed by atoms with Crippen LogP contribution in [0.3, 0.4) is 0 Å². The van der Waals surface area contributed by atoms with E-state index in [1.54, 1.807) is 14.2 Å². The van der Waals surface area contributed by atoms with Crippen LogP contribution < -0.4 is 9.47 Å². The maximum atomic E-state index is 5.63. The van der Waals surface area contributed by atoms with Gasteiger partial charge in [0, 0.05) is 27.5 Å². The Hall–Kier alpha value is -7.89. The molecule has 10 rings (SSSR count). The minimum Gasteiger partial charge on any atom is -0.496 e. The average Bonchev–Trinajstić information content (AvgIpc) is 3.33. The number of ether oxygens (including phenoxy) is 2. The molecule has 60 heavy (non-hydrogen) atoms. The molecule has 0 radical (unpaired) electrons. The van der Waals surface area contributed by atoms with Crippen molar-refractivity contribution in [3.63, 3.8) is 0 Å². The van der Waals surface area contributed by atoms with E-state index in [0.717, 1.165) is 72.3 Å². The first-order valence-corrected chi connectivity index (χ1v) is 20.0. The highest BCUT2D eigenvalue weighted by molar-refractivity contribution is 6.01. The second-order valence-corrected chi connectivity index (χ2v) is 14.7. The third-order valence-electron chi connectivity index (χ3n) is 11.2. The Bertz CT molecular complexity index is 2930. The number of fused-ring (bicyclic) bond motifs is 2. The molecule has 0 aliphatic heterocycles. The van der Waals surface area contributed by atoms with Gasteiger partial charge in [-0.25, -0.2) is 15.0 Å². The standard InChI is InChI=1S/C55H39N3O2/c1-59-51-34-32-45(47-12-6-8-14-49(47)51)40-24-16-36(17-25-40)38-20-28-43(29-21-38)54-56-53(42-10-4-3-5-11-42)57-55(58-54)44-30-22-39(23-31-44)37-18-26-41(27-19-37)46-33-35-52(60-2)50-15-9-7-13-48(46)50/h3-35H,1-2H3. The Morgan fingerprint density at radius 3 is 0.883 bits per heavy atom. The third-order valence-corrected chi connectivity index (χ3v) is 11.2. The van der Waals surface area contributed by atoms with Gasteiger partial charge in [-0.2, -0.15) is 0 Å². The number of hydrogen-bond acceptors (Lipinski definition) is 5. The van der Waals surface area contributed by atoms with E-state index in [1.807, 2.05) is 54.6 Å². The van der Waals surface area contributed by atoms with Gasteiger partial charge in [-0.05, 0) is 67.4 Å². The molecule has 0 saturated carbocycles. The molecule has 9 aromatic carbocycles. The molecule has 0 saturated heterocycles. The molecular weight excluding hydrogens is 735 g/mol. The van der Waals surface area contributed by atoms with Gasteiger partial charge in [0.15, 0.2) is 17.5 Å². The van der Waals surface area contributed by atoms with E-state index >= 15 is 0 Å². The van der Waals surface area contributed by atoms with E-state index in [0.29, 0.717) is 17.5 Å². The largest absolute Gasteiger partial charge is 0.496 e. The van der Waals surface area contributed by atoms with Gasteiger partial charge in [0.2, 0.25) is 0 Å². The summed E-state index contributed by atoms with van der Waals surface area (Å²) in [6.45, 7) is 0. The number of hydrogen-bond donors (Lipinski definition) is 0. The highest BCUT2D eigenvalue weighted by Gasteiger charge is 2.14. The average molecular weight is 774 g/mol. The van der Waals surface area contributed by atoms with Crippen molar-refractivity contribution in [2.24, 2.45) is 0 Å². The Labute approximate surface area is 349 Å². The number of methoxy groups -OCH3 is 2. The molecule has 5 nitrogen and oxygen atoms in total. The van der Waals surface area contributed by atoms with E-state index in [1.165, 1.54) is 21.9 Å². The molecule has 0 spiro atoms. The predicted molar refractivity (Wildman–Crippen MR) is 246 cm³/mol. The first-order chi connectivity index (χ1) is 29.6. The fourth-order valence-electron chi connectivity index (χ4n) is 8.06. The molecule has 0 fully saturated rings. The summed E-state index contributed by atoms with van der Waals surface area (Å²) in [6.07, 6.45) is 0. The molecule has 0 amide bonds. The van der Waals surface area contributed by atoms with Crippen molar-refractivity contribution in [3.05, 3.63) is 200 Å². The molecule has 0 aliphatic carbocycles. The summed E-state index contributed by atoms with van der Waals surface area (Å²) in [5.74, 6) is 3.63. The van der Waals surface area contributed by atoms with Crippen molar-refractivity contribution >= 4 is 21.5 Å². The van der Waals surface area contributed by atoms with Crippen molar-refractivity contribution in [1.82, 2.24) is 15.0 Å². The second kappa shape index (κ2) is 15.8. The van der Waals surface area contributed by atoms with Crippen LogP contribution in [0.1, 0.15) is 0 Å². The van der Waals surface area contributed by atoms with Crippen LogP contribution in [0.25, 0.3) is 100 Å². The number of benzene rings is 9. The van der Waals surface area contributed by atoms with Crippen molar-refractivity contribution in [2.45, 2.75) is 0 Å². The number of aromatic nitrogens is 3. The molecule has 10 aromatic rings. The minimum atomic E-state index is 0.623. The Balaban J connectivity index is 0.926. The number of nitrogens with zero attached hydrogens (tertiary/aromatic N) is 3. The van der Waals surface area contributed by atoms with E-state index in [4.69, 9.17) is 24.4 Å². The zero-order valence-corrected chi connectivity index (χ0v) is 33.2. The van der Waals surface area contributed by atoms with Crippen molar-refractivity contribution in [2.75, 3.05) is 14.2 Å². The smallest absolute Gasteiger partial charge is 0.164 e. The SMILES string of the molecule is COc1ccc(-c2ccc(-c3ccc(-c4nc(-c5ccccc5)nc(-c5ccc(-c6ccc(-c7ccc(OC)c8ccccc78)cc6)cc5)n4)cc3)cc2)c2ccccc12. The van der Waals surface area contributed by atoms with E-state index in [2.05, 4.69) is 146 Å². The third kappa shape index (κ3) is 6.92. The van der Waals surface area contributed by atoms with Crippen LogP contribution in [0.5, 0.6) is 11.5 Å². The Kier molecular flexibility index (Phi) is 9.60. The topological polar surface area (TPSA) is 57.1 Å². The molecular formula is C55H39N3O2. The second-order valence-electron chi connectivity index (χ2n) is 14.7. The van der Waals surface area contributed by atoms with Gasteiger partial charge in [0.1, 0.15) is 11.5 Å². The molecule has 1 heterocycles. The highest BCUT2D eigenvalue weighted by atomic mass is 16.5. The summed E-state index contributed by atoms with van der Waals surface area (Å²) in [5, 5.41) is 4.54. The normalized spacial score (nSPS) is 11.2. The summed E-state index contributed by atoms with van der Waals surface area (Å²) in [5.41, 5.74) is 11.9. The quantitative estimate of drug-likeness (QED) is 0.146. The highest BCUT2D eigenvalue weighted by Crippen LogP contribution is 2.37. The number of rotatable bonds is 9. The molecule has 0 atom stereocenters. The van der Waals surface area contributed by atoms with Crippen LogP contribution in [0.2, 0.25) is 0 Å². The lowest BCUT2D eigenvalue weighted by Gasteiger charge is -2.12. The zero-order valence-electron chi connectivity index (χ0n) is 33.2. The summed E-state index contributed by atoms with van der Waals surface area (Å²) < 4.78 is 11.3. The lowest BCUT2D eigenvalue weighted by atomic mass is 9.95. The molecule has 0 aliphatic rings. The molecule has 0 unspecified atom stereocenters. The maximum absolute atomic E-state index is 5.63. The molecule has 1 aromatic heterocycles. The summed E-state index contributed by atoms with van der Waals surface area (Å²) in [4.78, 5) is 15.0. The first-order valence-electron chi connectivity index (χ1n) is 20.0. The van der Waals surface area contributed by atoms with Gasteiger partial charge < -0.3 is 9.47 Å². The van der Waals surface area contributed by atoms with Crippen LogP contribution in [-0.4, -0.2) is 29.2 Å².